The van der Waals surface area contributed by atoms with E-state index in [9.17, 15) is 9.59 Å². The third-order valence-corrected chi connectivity index (χ3v) is 11.6. The van der Waals surface area contributed by atoms with E-state index in [4.69, 9.17) is 13.9 Å². The van der Waals surface area contributed by atoms with Gasteiger partial charge in [0.15, 0.2) is 13.7 Å². The van der Waals surface area contributed by atoms with E-state index in [-0.39, 0.29) is 11.5 Å². The average molecular weight is 477 g/mol. The highest BCUT2D eigenvalue weighted by Crippen LogP contribution is 2.39. The molecule has 0 unspecified atom stereocenters. The summed E-state index contributed by atoms with van der Waals surface area (Å²) >= 11 is 0. The number of methoxy groups -OCH3 is 2. The molecule has 1 saturated carbocycles. The van der Waals surface area contributed by atoms with E-state index < -0.39 is 25.7 Å². The minimum absolute atomic E-state index is 0.142. The van der Waals surface area contributed by atoms with Gasteiger partial charge in [-0.25, -0.2) is 0 Å². The van der Waals surface area contributed by atoms with Crippen LogP contribution in [0.3, 0.4) is 0 Å². The van der Waals surface area contributed by atoms with E-state index in [2.05, 4.69) is 46.5 Å². The molecule has 1 aliphatic carbocycles. The zero-order valence-corrected chi connectivity index (χ0v) is 22.7. The summed E-state index contributed by atoms with van der Waals surface area (Å²) in [4.78, 5) is 24.9. The molecule has 0 aliphatic heterocycles. The lowest BCUT2D eigenvalue weighted by atomic mass is 9.79. The van der Waals surface area contributed by atoms with Gasteiger partial charge in [0.25, 0.3) is 0 Å². The number of hydrogen-bond donors (Lipinski definition) is 0. The van der Waals surface area contributed by atoms with Crippen LogP contribution in [0, 0.1) is 17.3 Å². The quantitative estimate of drug-likeness (QED) is 0.150. The standard InChI is InChI=1S/C27H44O5Si/c1-9-10-19-27(24(28)30-5,25(29)31-6)20-15-11-12-16-22-17-13-14-18-23(22)21-32-33(7,8)26(2,3)4/h9-12,15-16,19,22-23H,1,13-14,17-18,20-21H2,2-8H3/b15-11+,16-12+,19-10+/t22-,23+/m1/s1. The van der Waals surface area contributed by atoms with Gasteiger partial charge >= 0.3 is 11.9 Å². The van der Waals surface area contributed by atoms with Crippen LogP contribution in [0.4, 0.5) is 0 Å². The summed E-state index contributed by atoms with van der Waals surface area (Å²) in [7, 11) is 0.766. The fourth-order valence-electron chi connectivity index (χ4n) is 3.82. The van der Waals surface area contributed by atoms with Gasteiger partial charge in [-0.15, -0.1) is 0 Å². The Balaban J connectivity index is 2.89. The summed E-state index contributed by atoms with van der Waals surface area (Å²) in [5, 5.41) is 0.210. The summed E-state index contributed by atoms with van der Waals surface area (Å²) < 4.78 is 16.3. The molecule has 0 heterocycles. The lowest BCUT2D eigenvalue weighted by molar-refractivity contribution is -0.164. The van der Waals surface area contributed by atoms with Crippen molar-refractivity contribution in [2.75, 3.05) is 20.8 Å². The normalized spacial score (nSPS) is 20.5. The Bertz CT molecular complexity index is 726. The van der Waals surface area contributed by atoms with Crippen molar-refractivity contribution in [3.8, 4) is 0 Å². The summed E-state index contributed by atoms with van der Waals surface area (Å²) in [6.07, 6.45) is 17.5. The van der Waals surface area contributed by atoms with E-state index in [0.717, 1.165) is 13.0 Å². The van der Waals surface area contributed by atoms with Gasteiger partial charge < -0.3 is 13.9 Å². The van der Waals surface area contributed by atoms with Gasteiger partial charge in [-0.3, -0.25) is 9.59 Å². The third kappa shape index (κ3) is 8.11. The maximum atomic E-state index is 12.4. The first-order chi connectivity index (χ1) is 15.4. The van der Waals surface area contributed by atoms with Crippen molar-refractivity contribution in [2.45, 2.75) is 71.0 Å². The summed E-state index contributed by atoms with van der Waals surface area (Å²) in [5.41, 5.74) is -1.52. The van der Waals surface area contributed by atoms with E-state index in [1.807, 2.05) is 18.2 Å². The molecule has 0 aromatic heterocycles. The molecule has 1 fully saturated rings. The van der Waals surface area contributed by atoms with Crippen molar-refractivity contribution in [1.29, 1.82) is 0 Å². The van der Waals surface area contributed by atoms with E-state index >= 15 is 0 Å². The molecule has 1 rings (SSSR count). The topological polar surface area (TPSA) is 61.8 Å². The molecule has 2 atom stereocenters. The minimum Gasteiger partial charge on any atom is -0.468 e. The first kappa shape index (κ1) is 29.1. The van der Waals surface area contributed by atoms with Crippen molar-refractivity contribution in [1.82, 2.24) is 0 Å². The lowest BCUT2D eigenvalue weighted by Gasteiger charge is -2.39. The van der Waals surface area contributed by atoms with Gasteiger partial charge in [0.1, 0.15) is 0 Å². The highest BCUT2D eigenvalue weighted by molar-refractivity contribution is 6.74. The van der Waals surface area contributed by atoms with Crippen LogP contribution >= 0.6 is 0 Å². The number of rotatable bonds is 11. The van der Waals surface area contributed by atoms with Crippen molar-refractivity contribution >= 4 is 20.3 Å². The molecule has 0 amide bonds. The largest absolute Gasteiger partial charge is 0.468 e. The van der Waals surface area contributed by atoms with Gasteiger partial charge in [-0.2, -0.15) is 0 Å². The zero-order valence-electron chi connectivity index (χ0n) is 21.7. The molecular formula is C27H44O5Si. The van der Waals surface area contributed by atoms with Crippen LogP contribution in [0.1, 0.15) is 52.9 Å². The van der Waals surface area contributed by atoms with E-state index in [0.29, 0.717) is 11.8 Å². The van der Waals surface area contributed by atoms with Crippen LogP contribution in [0.25, 0.3) is 0 Å². The van der Waals surface area contributed by atoms with Crippen molar-refractivity contribution in [2.24, 2.45) is 17.3 Å². The van der Waals surface area contributed by atoms with E-state index in [1.54, 1.807) is 6.08 Å². The molecule has 0 aromatic carbocycles. The van der Waals surface area contributed by atoms with Gasteiger partial charge in [0.2, 0.25) is 0 Å². The molecule has 0 aromatic rings. The zero-order chi connectivity index (χ0) is 25.1. The first-order valence-corrected chi connectivity index (χ1v) is 14.8. The molecule has 0 saturated heterocycles. The molecule has 0 radical (unpaired) electrons. The molecular weight excluding hydrogens is 432 g/mol. The van der Waals surface area contributed by atoms with Crippen LogP contribution in [0.15, 0.2) is 49.1 Å². The van der Waals surface area contributed by atoms with Crippen LogP contribution in [-0.2, 0) is 23.5 Å². The Kier molecular flexibility index (Phi) is 11.5. The van der Waals surface area contributed by atoms with Crippen molar-refractivity contribution in [3.05, 3.63) is 49.1 Å². The van der Waals surface area contributed by atoms with Gasteiger partial charge in [0, 0.05) is 6.61 Å². The Morgan fingerprint density at radius 3 is 2.15 bits per heavy atom. The van der Waals surface area contributed by atoms with Crippen LogP contribution in [-0.4, -0.2) is 41.1 Å². The molecule has 186 valence electrons. The molecule has 6 heteroatoms. The fraction of sp³-hybridized carbons (Fsp3) is 0.630. The predicted octanol–water partition coefficient (Wildman–Crippen LogP) is 6.39. The van der Waals surface area contributed by atoms with Gasteiger partial charge in [0.05, 0.1) is 14.2 Å². The highest BCUT2D eigenvalue weighted by Gasteiger charge is 2.45. The van der Waals surface area contributed by atoms with E-state index in [1.165, 1.54) is 45.6 Å². The van der Waals surface area contributed by atoms with Crippen molar-refractivity contribution < 1.29 is 23.5 Å². The molecule has 33 heavy (non-hydrogen) atoms. The molecule has 5 nitrogen and oxygen atoms in total. The molecule has 0 bridgehead atoms. The highest BCUT2D eigenvalue weighted by atomic mass is 28.4. The Hall–Kier alpha value is -1.92. The number of carbonyl (C=O) groups excluding carboxylic acids is 2. The fourth-order valence-corrected chi connectivity index (χ4v) is 4.88. The number of allylic oxidation sites excluding steroid dienone is 6. The maximum Gasteiger partial charge on any atom is 0.327 e. The second-order valence-corrected chi connectivity index (χ2v) is 15.2. The lowest BCUT2D eigenvalue weighted by Crippen LogP contribution is -2.42. The van der Waals surface area contributed by atoms with Crippen LogP contribution in [0.2, 0.25) is 18.1 Å². The minimum atomic E-state index is -1.76. The number of hydrogen-bond acceptors (Lipinski definition) is 5. The second-order valence-electron chi connectivity index (χ2n) is 10.3. The van der Waals surface area contributed by atoms with Gasteiger partial charge in [-0.05, 0) is 49.2 Å². The molecule has 1 aliphatic rings. The maximum absolute atomic E-state index is 12.4. The Morgan fingerprint density at radius 2 is 1.61 bits per heavy atom. The molecule has 0 spiro atoms. The Morgan fingerprint density at radius 1 is 1.00 bits per heavy atom. The number of ether oxygens (including phenoxy) is 2. The number of esters is 2. The Labute approximate surface area is 202 Å². The van der Waals surface area contributed by atoms with Crippen LogP contribution in [0.5, 0.6) is 0 Å². The summed E-state index contributed by atoms with van der Waals surface area (Å²) in [5.74, 6) is -0.315. The number of carbonyl (C=O) groups is 2. The SMILES string of the molecule is C=C/C=C/C(C/C=C/C=C/[C@@H]1CCCC[C@H]1CO[Si](C)(C)C(C)(C)C)(C(=O)OC)C(=O)OC. The molecule has 0 N–H and O–H groups in total. The smallest absolute Gasteiger partial charge is 0.327 e. The van der Waals surface area contributed by atoms with Crippen LogP contribution < -0.4 is 0 Å². The summed E-state index contributed by atoms with van der Waals surface area (Å²) in [6.45, 7) is 15.9. The predicted molar refractivity (Wildman–Crippen MR) is 137 cm³/mol. The summed E-state index contributed by atoms with van der Waals surface area (Å²) in [6, 6.07) is 0. The van der Waals surface area contributed by atoms with Crippen molar-refractivity contribution in [3.63, 3.8) is 0 Å². The monoisotopic (exact) mass is 476 g/mol. The second kappa shape index (κ2) is 13.1. The average Bonchev–Trinajstić information content (AvgIpc) is 2.78. The first-order valence-electron chi connectivity index (χ1n) is 11.9. The third-order valence-electron chi connectivity index (χ3n) is 7.09. The van der Waals surface area contributed by atoms with Gasteiger partial charge in [-0.1, -0.05) is 82.7 Å².